The van der Waals surface area contributed by atoms with Gasteiger partial charge in [0.2, 0.25) is 0 Å². The van der Waals surface area contributed by atoms with Crippen LogP contribution in [-0.2, 0) is 9.63 Å². The molecule has 4 nitrogen and oxygen atoms in total. The van der Waals surface area contributed by atoms with Crippen LogP contribution in [0.15, 0.2) is 5.16 Å². The number of hydrogen-bond donors (Lipinski definition) is 1. The quantitative estimate of drug-likeness (QED) is 0.425. The van der Waals surface area contributed by atoms with E-state index >= 15 is 0 Å². The van der Waals surface area contributed by atoms with Gasteiger partial charge in [0.05, 0.1) is 0 Å². The number of carbonyl (C=O) groups is 1. The third-order valence-corrected chi connectivity index (χ3v) is 1.18. The van der Waals surface area contributed by atoms with E-state index in [1.807, 2.05) is 0 Å². The number of hydrogen-bond acceptors (Lipinski definition) is 3. The first-order valence-electron chi connectivity index (χ1n) is 2.61. The molecule has 5 heteroatoms. The summed E-state index contributed by atoms with van der Waals surface area (Å²) in [6, 6.07) is 0. The Morgan fingerprint density at radius 2 is 2.40 bits per heavy atom. The van der Waals surface area contributed by atoms with Gasteiger partial charge in [-0.05, 0) is 0 Å². The molecule has 0 aliphatic heterocycles. The molecule has 0 amide bonds. The zero-order chi connectivity index (χ0) is 7.98. The molecular formula is C5H8BrNO3. The number of alkyl halides is 1. The Balaban J connectivity index is 3.98. The van der Waals surface area contributed by atoms with Crippen LogP contribution < -0.4 is 0 Å². The van der Waals surface area contributed by atoms with Gasteiger partial charge in [0.25, 0.3) is 0 Å². The Bertz CT molecular complexity index is 146. The molecule has 0 rings (SSSR count). The molecule has 0 aromatic heterocycles. The van der Waals surface area contributed by atoms with Crippen molar-refractivity contribution in [3.05, 3.63) is 0 Å². The molecule has 0 saturated heterocycles. The third kappa shape index (κ3) is 3.45. The molecular weight excluding hydrogens is 202 g/mol. The lowest BCUT2D eigenvalue weighted by Gasteiger charge is -1.94. The molecule has 0 atom stereocenters. The molecule has 0 spiro atoms. The molecule has 0 unspecified atom stereocenters. The van der Waals surface area contributed by atoms with Gasteiger partial charge < -0.3 is 9.94 Å². The highest BCUT2D eigenvalue weighted by atomic mass is 79.9. The first kappa shape index (κ1) is 9.42. The van der Waals surface area contributed by atoms with Gasteiger partial charge in [0, 0.05) is 11.8 Å². The number of halogens is 1. The maximum Gasteiger partial charge on any atom is 0.353 e. The second kappa shape index (κ2) is 5.22. The second-order valence-electron chi connectivity index (χ2n) is 1.46. The van der Waals surface area contributed by atoms with E-state index in [-0.39, 0.29) is 5.71 Å². The van der Waals surface area contributed by atoms with Crippen LogP contribution in [0.2, 0.25) is 0 Å². The van der Waals surface area contributed by atoms with E-state index in [1.165, 1.54) is 7.11 Å². The highest BCUT2D eigenvalue weighted by molar-refractivity contribution is 9.09. The van der Waals surface area contributed by atoms with Crippen molar-refractivity contribution in [2.75, 3.05) is 12.4 Å². The first-order valence-corrected chi connectivity index (χ1v) is 3.73. The Morgan fingerprint density at radius 1 is 1.80 bits per heavy atom. The van der Waals surface area contributed by atoms with Gasteiger partial charge in [0.1, 0.15) is 7.11 Å². The molecule has 0 bridgehead atoms. The van der Waals surface area contributed by atoms with Crippen LogP contribution in [0.4, 0.5) is 0 Å². The van der Waals surface area contributed by atoms with Gasteiger partial charge in [-0.3, -0.25) is 0 Å². The van der Waals surface area contributed by atoms with Crippen LogP contribution in [0, 0.1) is 0 Å². The van der Waals surface area contributed by atoms with Crippen molar-refractivity contribution in [1.29, 1.82) is 0 Å². The Hall–Kier alpha value is -0.580. The van der Waals surface area contributed by atoms with Gasteiger partial charge in [-0.25, -0.2) is 4.79 Å². The van der Waals surface area contributed by atoms with Gasteiger partial charge >= 0.3 is 5.97 Å². The lowest BCUT2D eigenvalue weighted by atomic mass is 10.3. The number of nitrogens with zero attached hydrogens (tertiary/aromatic N) is 1. The summed E-state index contributed by atoms with van der Waals surface area (Å²) in [5, 5.41) is 12.3. The third-order valence-electron chi connectivity index (χ3n) is 0.780. The fourth-order valence-electron chi connectivity index (χ4n) is 0.391. The van der Waals surface area contributed by atoms with Gasteiger partial charge in [-0.1, -0.05) is 21.1 Å². The zero-order valence-electron chi connectivity index (χ0n) is 5.50. The maximum absolute atomic E-state index is 10.2. The predicted molar refractivity (Wildman–Crippen MR) is 40.5 cm³/mol. The smallest absolute Gasteiger partial charge is 0.353 e. The minimum absolute atomic E-state index is 0.0272. The van der Waals surface area contributed by atoms with Crippen LogP contribution in [0.3, 0.4) is 0 Å². The monoisotopic (exact) mass is 209 g/mol. The molecule has 0 fully saturated rings. The van der Waals surface area contributed by atoms with E-state index in [4.69, 9.17) is 5.11 Å². The van der Waals surface area contributed by atoms with E-state index in [0.29, 0.717) is 11.8 Å². The second-order valence-corrected chi connectivity index (χ2v) is 2.26. The Labute approximate surface area is 67.0 Å². The average molecular weight is 210 g/mol. The van der Waals surface area contributed by atoms with Gasteiger partial charge in [0.15, 0.2) is 5.71 Å². The standard InChI is InChI=1S/C5H8BrNO3/c1-10-7-4(2-3-6)5(8)9/h2-3H2,1H3,(H,8,9). The van der Waals surface area contributed by atoms with Crippen LogP contribution in [0.5, 0.6) is 0 Å². The number of oxime groups is 1. The highest BCUT2D eigenvalue weighted by Gasteiger charge is 2.07. The van der Waals surface area contributed by atoms with Crippen molar-refractivity contribution in [1.82, 2.24) is 0 Å². The lowest BCUT2D eigenvalue weighted by molar-refractivity contribution is -0.129. The van der Waals surface area contributed by atoms with Gasteiger partial charge in [-0.2, -0.15) is 0 Å². The molecule has 0 aliphatic rings. The minimum atomic E-state index is -1.04. The van der Waals surface area contributed by atoms with Crippen molar-refractivity contribution in [2.45, 2.75) is 6.42 Å². The molecule has 58 valence electrons. The van der Waals surface area contributed by atoms with Crippen molar-refractivity contribution in [3.63, 3.8) is 0 Å². The van der Waals surface area contributed by atoms with Crippen LogP contribution in [0.25, 0.3) is 0 Å². The Kier molecular flexibility index (Phi) is 4.92. The highest BCUT2D eigenvalue weighted by Crippen LogP contribution is 1.92. The molecule has 0 aromatic carbocycles. The summed E-state index contributed by atoms with van der Waals surface area (Å²) in [4.78, 5) is 14.6. The molecule has 0 radical (unpaired) electrons. The van der Waals surface area contributed by atoms with E-state index < -0.39 is 5.97 Å². The fraction of sp³-hybridized carbons (Fsp3) is 0.600. The average Bonchev–Trinajstić information content (AvgIpc) is 1.87. The Morgan fingerprint density at radius 3 is 2.70 bits per heavy atom. The SMILES string of the molecule is CON=C(CCBr)C(=O)O. The zero-order valence-corrected chi connectivity index (χ0v) is 7.09. The van der Waals surface area contributed by atoms with E-state index in [2.05, 4.69) is 25.9 Å². The molecule has 0 aromatic rings. The topological polar surface area (TPSA) is 58.9 Å². The molecule has 0 saturated carbocycles. The summed E-state index contributed by atoms with van der Waals surface area (Å²) in [6.07, 6.45) is 0.364. The van der Waals surface area contributed by atoms with Crippen LogP contribution in [-0.4, -0.2) is 29.2 Å². The normalized spacial score (nSPS) is 11.2. The van der Waals surface area contributed by atoms with E-state index in [9.17, 15) is 4.79 Å². The van der Waals surface area contributed by atoms with Crippen LogP contribution >= 0.6 is 15.9 Å². The largest absolute Gasteiger partial charge is 0.477 e. The van der Waals surface area contributed by atoms with Crippen molar-refractivity contribution in [2.24, 2.45) is 5.16 Å². The van der Waals surface area contributed by atoms with Crippen molar-refractivity contribution >= 4 is 27.6 Å². The molecule has 0 aliphatic carbocycles. The number of rotatable bonds is 4. The van der Waals surface area contributed by atoms with Crippen molar-refractivity contribution in [3.8, 4) is 0 Å². The first-order chi connectivity index (χ1) is 4.72. The summed E-state index contributed by atoms with van der Waals surface area (Å²) in [7, 11) is 1.32. The summed E-state index contributed by atoms with van der Waals surface area (Å²) in [6.45, 7) is 0. The van der Waals surface area contributed by atoms with E-state index in [1.54, 1.807) is 0 Å². The number of aliphatic carboxylic acids is 1. The molecule has 0 heterocycles. The lowest BCUT2D eigenvalue weighted by Crippen LogP contribution is -2.13. The maximum atomic E-state index is 10.2. The predicted octanol–water partition coefficient (Wildman–Crippen LogP) is 0.858. The summed E-state index contributed by atoms with van der Waals surface area (Å²) >= 11 is 3.09. The fourth-order valence-corrected chi connectivity index (χ4v) is 0.767. The molecule has 1 N–H and O–H groups in total. The molecule has 10 heavy (non-hydrogen) atoms. The summed E-state index contributed by atoms with van der Waals surface area (Å²) in [5.74, 6) is -1.04. The number of carboxylic acid groups (broad SMARTS) is 1. The van der Waals surface area contributed by atoms with Crippen LogP contribution in [0.1, 0.15) is 6.42 Å². The van der Waals surface area contributed by atoms with Crippen molar-refractivity contribution < 1.29 is 14.7 Å². The van der Waals surface area contributed by atoms with Gasteiger partial charge in [-0.15, -0.1) is 0 Å². The summed E-state index contributed by atoms with van der Waals surface area (Å²) in [5.41, 5.74) is 0.0272. The number of carboxylic acids is 1. The minimum Gasteiger partial charge on any atom is -0.477 e. The summed E-state index contributed by atoms with van der Waals surface area (Å²) < 4.78 is 0. The van der Waals surface area contributed by atoms with E-state index in [0.717, 1.165) is 0 Å².